The molecule has 0 radical (unpaired) electrons. The highest BCUT2D eigenvalue weighted by molar-refractivity contribution is 9.09. The van der Waals surface area contributed by atoms with E-state index in [1.165, 1.54) is 0 Å². The lowest BCUT2D eigenvalue weighted by atomic mass is 9.70. The molecule has 3 aromatic rings. The SMILES string of the molecule is O=C(NCn1nnc2ccccc21)C1N(CCCCCCO)C(=O)[C@@H]2[C@H](C(=O)Nc3ccccc3)[C@H]3SC12CC3Br. The zero-order valence-corrected chi connectivity index (χ0v) is 24.9. The topological polar surface area (TPSA) is 129 Å². The molecule has 3 fully saturated rings. The van der Waals surface area contributed by atoms with E-state index >= 15 is 0 Å². The molecule has 2 bridgehead atoms. The van der Waals surface area contributed by atoms with Crippen molar-refractivity contribution in [1.29, 1.82) is 0 Å². The van der Waals surface area contributed by atoms with Gasteiger partial charge in [0.1, 0.15) is 18.2 Å². The molecule has 4 heterocycles. The Balaban J connectivity index is 1.27. The fourth-order valence-corrected chi connectivity index (χ4v) is 10.4. The summed E-state index contributed by atoms with van der Waals surface area (Å²) in [4.78, 5) is 43.6. The van der Waals surface area contributed by atoms with Crippen molar-refractivity contribution in [1.82, 2.24) is 25.2 Å². The number of nitrogens with one attached hydrogen (secondary N) is 2. The summed E-state index contributed by atoms with van der Waals surface area (Å²) in [6.07, 6.45) is 3.75. The molecule has 3 aliphatic heterocycles. The number of hydrogen-bond acceptors (Lipinski definition) is 7. The van der Waals surface area contributed by atoms with Crippen molar-refractivity contribution in [3.63, 3.8) is 0 Å². The van der Waals surface area contributed by atoms with Crippen molar-refractivity contribution in [2.45, 2.75) is 59.6 Å². The second-order valence-electron chi connectivity index (χ2n) is 11.0. The fourth-order valence-electron chi connectivity index (χ4n) is 6.75. The minimum atomic E-state index is -0.714. The molecule has 41 heavy (non-hydrogen) atoms. The van der Waals surface area contributed by atoms with Gasteiger partial charge in [0, 0.05) is 28.9 Å². The summed E-state index contributed by atoms with van der Waals surface area (Å²) in [5, 5.41) is 23.5. The van der Waals surface area contributed by atoms with Gasteiger partial charge in [-0.15, -0.1) is 16.9 Å². The van der Waals surface area contributed by atoms with Crippen LogP contribution in [0.15, 0.2) is 54.6 Å². The number of alkyl halides is 1. The lowest BCUT2D eigenvalue weighted by Crippen LogP contribution is -2.54. The van der Waals surface area contributed by atoms with Crippen molar-refractivity contribution in [2.75, 3.05) is 18.5 Å². The van der Waals surface area contributed by atoms with Crippen LogP contribution in [0, 0.1) is 11.8 Å². The normalized spacial score (nSPS) is 28.3. The predicted octanol–water partition coefficient (Wildman–Crippen LogP) is 3.16. The van der Waals surface area contributed by atoms with Gasteiger partial charge in [0.2, 0.25) is 17.7 Å². The summed E-state index contributed by atoms with van der Waals surface area (Å²) < 4.78 is 0.926. The van der Waals surface area contributed by atoms with Gasteiger partial charge in [-0.25, -0.2) is 4.68 Å². The van der Waals surface area contributed by atoms with Gasteiger partial charge in [-0.05, 0) is 43.5 Å². The summed E-state index contributed by atoms with van der Waals surface area (Å²) in [6.45, 7) is 0.690. The number of carbonyl (C=O) groups excluding carboxylic acids is 3. The third-order valence-corrected chi connectivity index (χ3v) is 11.7. The maximum atomic E-state index is 14.2. The Labute approximate surface area is 250 Å². The molecule has 216 valence electrons. The Morgan fingerprint density at radius 1 is 1.05 bits per heavy atom. The van der Waals surface area contributed by atoms with E-state index in [4.69, 9.17) is 5.11 Å². The van der Waals surface area contributed by atoms with Crippen molar-refractivity contribution < 1.29 is 19.5 Å². The van der Waals surface area contributed by atoms with Crippen molar-refractivity contribution in [3.05, 3.63) is 54.6 Å². The first-order valence-electron chi connectivity index (χ1n) is 14.1. The van der Waals surface area contributed by atoms with Gasteiger partial charge in [-0.2, -0.15) is 0 Å². The number of likely N-dealkylation sites (tertiary alicyclic amines) is 1. The van der Waals surface area contributed by atoms with Crippen LogP contribution in [-0.4, -0.2) is 76.7 Å². The maximum Gasteiger partial charge on any atom is 0.245 e. The zero-order chi connectivity index (χ0) is 28.6. The molecule has 3 amide bonds. The van der Waals surface area contributed by atoms with Crippen molar-refractivity contribution >= 4 is 62.1 Å². The van der Waals surface area contributed by atoms with Crippen LogP contribution in [0.3, 0.4) is 0 Å². The van der Waals surface area contributed by atoms with Gasteiger partial charge >= 0.3 is 0 Å². The van der Waals surface area contributed by atoms with E-state index in [9.17, 15) is 14.4 Å². The number of carbonyl (C=O) groups is 3. The molecule has 6 atom stereocenters. The van der Waals surface area contributed by atoms with E-state index in [0.29, 0.717) is 25.1 Å². The predicted molar refractivity (Wildman–Crippen MR) is 160 cm³/mol. The minimum Gasteiger partial charge on any atom is -0.396 e. The van der Waals surface area contributed by atoms with Crippen LogP contribution in [-0.2, 0) is 21.1 Å². The number of anilines is 1. The van der Waals surface area contributed by atoms with Gasteiger partial charge in [0.15, 0.2) is 0 Å². The first kappa shape index (κ1) is 28.2. The molecule has 10 nitrogen and oxygen atoms in total. The molecule has 3 unspecified atom stereocenters. The molecular weight excluding hydrogens is 608 g/mol. The number of fused-ring (bicyclic) bond motifs is 2. The molecule has 3 aliphatic rings. The first-order chi connectivity index (χ1) is 19.9. The number of hydrogen-bond donors (Lipinski definition) is 3. The number of benzene rings is 2. The number of aliphatic hydroxyl groups is 1. The van der Waals surface area contributed by atoms with E-state index in [2.05, 4.69) is 36.9 Å². The molecule has 1 spiro atoms. The number of unbranched alkanes of at least 4 members (excludes halogenated alkanes) is 3. The van der Waals surface area contributed by atoms with Gasteiger partial charge in [-0.3, -0.25) is 14.4 Å². The number of aromatic nitrogens is 3. The number of nitrogens with zero attached hydrogens (tertiary/aromatic N) is 4. The lowest BCUT2D eigenvalue weighted by Gasteiger charge is -2.35. The van der Waals surface area contributed by atoms with Crippen LogP contribution >= 0.6 is 27.7 Å². The zero-order valence-electron chi connectivity index (χ0n) is 22.5. The summed E-state index contributed by atoms with van der Waals surface area (Å²) in [5.41, 5.74) is 2.23. The Kier molecular flexibility index (Phi) is 8.06. The number of rotatable bonds is 11. The van der Waals surface area contributed by atoms with Crippen LogP contribution in [0.25, 0.3) is 11.0 Å². The lowest BCUT2D eigenvalue weighted by molar-refractivity contribution is -0.139. The minimum absolute atomic E-state index is 0.00198. The van der Waals surface area contributed by atoms with Gasteiger partial charge in [-0.1, -0.05) is 64.3 Å². The molecule has 3 N–H and O–H groups in total. The second-order valence-corrected chi connectivity index (χ2v) is 13.7. The van der Waals surface area contributed by atoms with Crippen LogP contribution in [0.1, 0.15) is 32.1 Å². The Bertz CT molecular complexity index is 1440. The maximum absolute atomic E-state index is 14.2. The summed E-state index contributed by atoms with van der Waals surface area (Å²) in [7, 11) is 0. The molecular formula is C29H33BrN6O4S. The second kappa shape index (κ2) is 11.7. The highest BCUT2D eigenvalue weighted by Gasteiger charge is 2.75. The smallest absolute Gasteiger partial charge is 0.245 e. The number of aliphatic hydroxyl groups excluding tert-OH is 1. The van der Waals surface area contributed by atoms with E-state index in [-0.39, 0.29) is 41.1 Å². The fraction of sp³-hybridized carbons (Fsp3) is 0.483. The van der Waals surface area contributed by atoms with Gasteiger partial charge < -0.3 is 20.6 Å². The third-order valence-electron chi connectivity index (χ3n) is 8.51. The molecule has 2 aromatic carbocycles. The highest BCUT2D eigenvalue weighted by Crippen LogP contribution is 2.67. The molecule has 3 saturated heterocycles. The Morgan fingerprint density at radius 2 is 1.80 bits per heavy atom. The Morgan fingerprint density at radius 3 is 2.61 bits per heavy atom. The van der Waals surface area contributed by atoms with Crippen molar-refractivity contribution in [3.8, 4) is 0 Å². The van der Waals surface area contributed by atoms with Gasteiger partial charge in [0.05, 0.1) is 22.1 Å². The van der Waals surface area contributed by atoms with Crippen LogP contribution in [0.5, 0.6) is 0 Å². The monoisotopic (exact) mass is 640 g/mol. The van der Waals surface area contributed by atoms with E-state index in [1.54, 1.807) is 21.3 Å². The van der Waals surface area contributed by atoms with E-state index < -0.39 is 22.6 Å². The van der Waals surface area contributed by atoms with Crippen molar-refractivity contribution in [2.24, 2.45) is 11.8 Å². The average molecular weight is 642 g/mol. The molecule has 0 saturated carbocycles. The summed E-state index contributed by atoms with van der Waals surface area (Å²) in [5.74, 6) is -1.69. The highest BCUT2D eigenvalue weighted by atomic mass is 79.9. The van der Waals surface area contributed by atoms with Crippen LogP contribution in [0.2, 0.25) is 0 Å². The molecule has 12 heteroatoms. The largest absolute Gasteiger partial charge is 0.396 e. The van der Waals surface area contributed by atoms with Crippen LogP contribution < -0.4 is 10.6 Å². The van der Waals surface area contributed by atoms with Crippen LogP contribution in [0.4, 0.5) is 5.69 Å². The molecule has 0 aliphatic carbocycles. The standard InChI is InChI=1S/C29H33BrN6O4S/c30-19-16-29-23(22(24(19)41-29)26(38)32-18-10-4-3-5-11-18)28(40)35(14-8-1-2-9-15-37)25(29)27(39)31-17-36-21-13-7-6-12-20(21)33-34-36/h3-7,10-13,19,22-25,37H,1-2,8-9,14-17H2,(H,31,39)(H,32,38)/t19?,22-,23-,24-,25?,29?/m0/s1. The number of para-hydroxylation sites is 2. The summed E-state index contributed by atoms with van der Waals surface area (Å²) >= 11 is 5.43. The Hall–Kier alpha value is -2.96. The first-order valence-corrected chi connectivity index (χ1v) is 15.9. The van der Waals surface area contributed by atoms with E-state index in [1.807, 2.05) is 54.6 Å². The number of halogens is 1. The summed E-state index contributed by atoms with van der Waals surface area (Å²) in [6, 6.07) is 16.1. The number of thioether (sulfide) groups is 1. The van der Waals surface area contributed by atoms with E-state index in [0.717, 1.165) is 30.3 Å². The molecule has 6 rings (SSSR count). The van der Waals surface area contributed by atoms with Gasteiger partial charge in [0.25, 0.3) is 0 Å². The average Bonchev–Trinajstić information content (AvgIpc) is 3.69. The number of amides is 3. The molecule has 1 aromatic heterocycles. The third kappa shape index (κ3) is 5.03. The quantitative estimate of drug-likeness (QED) is 0.217.